The van der Waals surface area contributed by atoms with Crippen molar-refractivity contribution in [3.05, 3.63) is 53.9 Å². The number of methoxy groups -OCH3 is 1. The van der Waals surface area contributed by atoms with Gasteiger partial charge in [-0.25, -0.2) is 0 Å². The molecule has 0 bridgehead atoms. The molecule has 0 N–H and O–H groups in total. The third-order valence-corrected chi connectivity index (χ3v) is 6.28. The van der Waals surface area contributed by atoms with Crippen molar-refractivity contribution in [2.24, 2.45) is 4.99 Å². The quantitative estimate of drug-likeness (QED) is 0.737. The minimum absolute atomic E-state index is 0.00861. The Morgan fingerprint density at radius 2 is 2.07 bits per heavy atom. The second kappa shape index (κ2) is 7.80. The Kier molecular flexibility index (Phi) is 5.25. The molecule has 1 saturated heterocycles. The highest BCUT2D eigenvalue weighted by Crippen LogP contribution is 2.49. The van der Waals surface area contributed by atoms with Gasteiger partial charge < -0.3 is 14.4 Å². The number of aliphatic imine (C=N–C) groups is 1. The molecule has 2 aliphatic heterocycles. The molecule has 4 rings (SSSR count). The second-order valence-corrected chi connectivity index (χ2v) is 7.67. The molecule has 2 aliphatic rings. The Morgan fingerprint density at radius 1 is 1.19 bits per heavy atom. The summed E-state index contributed by atoms with van der Waals surface area (Å²) < 4.78 is 11.3. The lowest BCUT2D eigenvalue weighted by Crippen LogP contribution is -2.35. The van der Waals surface area contributed by atoms with Crippen LogP contribution in [0.4, 0.5) is 0 Å². The summed E-state index contributed by atoms with van der Waals surface area (Å²) in [5.41, 5.74) is 2.19. The fourth-order valence-electron chi connectivity index (χ4n) is 3.85. The second-order valence-electron chi connectivity index (χ2n) is 6.68. The average Bonchev–Trinajstić information content (AvgIpc) is 3.28. The lowest BCUT2D eigenvalue weighted by Gasteiger charge is -2.32. The van der Waals surface area contributed by atoms with E-state index in [9.17, 15) is 0 Å². The van der Waals surface area contributed by atoms with E-state index in [2.05, 4.69) is 35.0 Å². The molecule has 1 fully saturated rings. The van der Waals surface area contributed by atoms with Crippen molar-refractivity contribution in [3.8, 4) is 11.5 Å². The van der Waals surface area contributed by atoms with Crippen molar-refractivity contribution in [1.82, 2.24) is 9.88 Å². The van der Waals surface area contributed by atoms with E-state index in [1.807, 2.05) is 43.1 Å². The van der Waals surface area contributed by atoms with Crippen molar-refractivity contribution in [3.63, 3.8) is 0 Å². The average molecular weight is 384 g/mol. The highest BCUT2D eigenvalue weighted by molar-refractivity contribution is 8.14. The number of amidine groups is 1. The lowest BCUT2D eigenvalue weighted by atomic mass is 9.95. The van der Waals surface area contributed by atoms with Crippen LogP contribution in [0.3, 0.4) is 0 Å². The molecule has 3 heterocycles. The third-order valence-electron chi connectivity index (χ3n) is 5.16. The molecule has 2 aromatic rings. The molecule has 27 heavy (non-hydrogen) atoms. The number of benzene rings is 1. The Hall–Kier alpha value is -2.21. The number of hydrogen-bond donors (Lipinski definition) is 0. The molecule has 0 unspecified atom stereocenters. The molecule has 1 aromatic carbocycles. The van der Waals surface area contributed by atoms with Gasteiger partial charge in [-0.3, -0.25) is 9.98 Å². The summed E-state index contributed by atoms with van der Waals surface area (Å²) >= 11 is 1.86. The smallest absolute Gasteiger partial charge is 0.161 e. The molecular weight excluding hydrogens is 358 g/mol. The SMILES string of the molecule is CCOc1ccc([C@@H]2[C@H](c3ccccn3)N=C3SC[C@@H](CC)N32)cc1OC. The molecule has 0 spiro atoms. The van der Waals surface area contributed by atoms with Gasteiger partial charge in [0.1, 0.15) is 6.04 Å². The molecule has 0 radical (unpaired) electrons. The molecular formula is C21H25N3O2S. The molecule has 0 aliphatic carbocycles. The molecule has 6 heteroatoms. The number of fused-ring (bicyclic) bond motifs is 1. The van der Waals surface area contributed by atoms with Gasteiger partial charge in [-0.15, -0.1) is 0 Å². The Balaban J connectivity index is 1.77. The van der Waals surface area contributed by atoms with Crippen LogP contribution in [0.5, 0.6) is 11.5 Å². The van der Waals surface area contributed by atoms with Gasteiger partial charge in [0.05, 0.1) is 25.5 Å². The number of aromatic nitrogens is 1. The summed E-state index contributed by atoms with van der Waals surface area (Å²) in [6.07, 6.45) is 2.95. The van der Waals surface area contributed by atoms with Gasteiger partial charge in [0.25, 0.3) is 0 Å². The largest absolute Gasteiger partial charge is 0.493 e. The molecule has 142 valence electrons. The van der Waals surface area contributed by atoms with E-state index in [0.717, 1.165) is 34.5 Å². The summed E-state index contributed by atoms with van der Waals surface area (Å²) in [6, 6.07) is 12.9. The molecule has 0 saturated carbocycles. The standard InChI is InChI=1S/C21H25N3O2S/c1-4-15-13-27-21-23-19(16-8-6-7-11-22-16)20(24(15)21)14-9-10-17(26-5-2)18(12-14)25-3/h6-12,15,19-20H,4-5,13H2,1-3H3/t15-,19+,20-/m1/s1. The first-order valence-electron chi connectivity index (χ1n) is 9.47. The molecule has 0 amide bonds. The molecule has 5 nitrogen and oxygen atoms in total. The van der Waals surface area contributed by atoms with Crippen LogP contribution in [0.15, 0.2) is 47.6 Å². The van der Waals surface area contributed by atoms with E-state index in [1.165, 1.54) is 5.56 Å². The van der Waals surface area contributed by atoms with Gasteiger partial charge >= 0.3 is 0 Å². The third kappa shape index (κ3) is 3.27. The first-order valence-corrected chi connectivity index (χ1v) is 10.5. The minimum atomic E-state index is -0.00861. The summed E-state index contributed by atoms with van der Waals surface area (Å²) in [5, 5.41) is 1.13. The maximum atomic E-state index is 5.70. The predicted molar refractivity (Wildman–Crippen MR) is 110 cm³/mol. The normalized spacial score (nSPS) is 23.9. The van der Waals surface area contributed by atoms with E-state index in [1.54, 1.807) is 7.11 Å². The topological polar surface area (TPSA) is 47.0 Å². The van der Waals surface area contributed by atoms with Crippen LogP contribution in [0.2, 0.25) is 0 Å². The van der Waals surface area contributed by atoms with Gasteiger partial charge in [-0.2, -0.15) is 0 Å². The van der Waals surface area contributed by atoms with Gasteiger partial charge in [0.15, 0.2) is 16.7 Å². The lowest BCUT2D eigenvalue weighted by molar-refractivity contribution is 0.254. The number of pyridine rings is 1. The van der Waals surface area contributed by atoms with Crippen LogP contribution in [0.25, 0.3) is 0 Å². The van der Waals surface area contributed by atoms with Gasteiger partial charge in [0, 0.05) is 18.0 Å². The van der Waals surface area contributed by atoms with Crippen LogP contribution in [-0.4, -0.2) is 40.6 Å². The van der Waals surface area contributed by atoms with E-state index in [0.29, 0.717) is 12.6 Å². The van der Waals surface area contributed by atoms with Gasteiger partial charge in [-0.1, -0.05) is 30.8 Å². The zero-order valence-electron chi connectivity index (χ0n) is 16.0. The predicted octanol–water partition coefficient (Wildman–Crippen LogP) is 4.47. The number of hydrogen-bond acceptors (Lipinski definition) is 6. The summed E-state index contributed by atoms with van der Waals surface area (Å²) in [4.78, 5) is 12.2. The first kappa shape index (κ1) is 18.2. The van der Waals surface area contributed by atoms with Crippen molar-refractivity contribution < 1.29 is 9.47 Å². The summed E-state index contributed by atoms with van der Waals surface area (Å²) in [5.74, 6) is 2.64. The van der Waals surface area contributed by atoms with E-state index < -0.39 is 0 Å². The molecule has 3 atom stereocenters. The number of ether oxygens (including phenoxy) is 2. The van der Waals surface area contributed by atoms with Crippen LogP contribution in [-0.2, 0) is 0 Å². The number of thioether (sulfide) groups is 1. The van der Waals surface area contributed by atoms with Crippen LogP contribution in [0.1, 0.15) is 43.6 Å². The zero-order chi connectivity index (χ0) is 18.8. The Bertz CT molecular complexity index is 827. The van der Waals surface area contributed by atoms with Crippen molar-refractivity contribution in [2.75, 3.05) is 19.5 Å². The van der Waals surface area contributed by atoms with E-state index >= 15 is 0 Å². The fraction of sp³-hybridized carbons (Fsp3) is 0.429. The van der Waals surface area contributed by atoms with Gasteiger partial charge in [-0.05, 0) is 43.2 Å². The number of nitrogens with zero attached hydrogens (tertiary/aromatic N) is 3. The van der Waals surface area contributed by atoms with Crippen LogP contribution >= 0.6 is 11.8 Å². The van der Waals surface area contributed by atoms with Crippen molar-refractivity contribution >= 4 is 16.9 Å². The highest BCUT2D eigenvalue weighted by atomic mass is 32.2. The maximum absolute atomic E-state index is 5.70. The van der Waals surface area contributed by atoms with Gasteiger partial charge in [0.2, 0.25) is 0 Å². The van der Waals surface area contributed by atoms with Crippen molar-refractivity contribution in [1.29, 1.82) is 0 Å². The Morgan fingerprint density at radius 3 is 2.78 bits per heavy atom. The Labute approximate surface area is 164 Å². The number of rotatable bonds is 6. The van der Waals surface area contributed by atoms with Crippen LogP contribution < -0.4 is 9.47 Å². The maximum Gasteiger partial charge on any atom is 0.161 e. The summed E-state index contributed by atoms with van der Waals surface area (Å²) in [6.45, 7) is 4.84. The summed E-state index contributed by atoms with van der Waals surface area (Å²) in [7, 11) is 1.69. The molecule has 1 aromatic heterocycles. The zero-order valence-corrected chi connectivity index (χ0v) is 16.8. The minimum Gasteiger partial charge on any atom is -0.493 e. The first-order chi connectivity index (χ1) is 13.3. The monoisotopic (exact) mass is 383 g/mol. The highest BCUT2D eigenvalue weighted by Gasteiger charge is 2.45. The fourth-order valence-corrected chi connectivity index (χ4v) is 5.19. The van der Waals surface area contributed by atoms with E-state index in [4.69, 9.17) is 14.5 Å². The van der Waals surface area contributed by atoms with E-state index in [-0.39, 0.29) is 12.1 Å². The van der Waals surface area contributed by atoms with Crippen molar-refractivity contribution in [2.45, 2.75) is 38.4 Å². The van der Waals surface area contributed by atoms with Crippen LogP contribution in [0, 0.1) is 0 Å².